The molecule has 4 nitrogen and oxygen atoms in total. The van der Waals surface area contributed by atoms with Crippen LogP contribution in [0.1, 0.15) is 33.1 Å². The molecule has 4 heteroatoms. The molecular weight excluding hydrogens is 230 g/mol. The molecule has 0 amide bonds. The lowest BCUT2D eigenvalue weighted by Crippen LogP contribution is -2.34. The number of hydrogen-bond donors (Lipinski definition) is 1. The Balaban J connectivity index is 2.11. The molecule has 18 heavy (non-hydrogen) atoms. The molecule has 1 rings (SSSR count). The van der Waals surface area contributed by atoms with Gasteiger partial charge in [-0.25, -0.2) is 0 Å². The third-order valence-corrected chi connectivity index (χ3v) is 3.51. The number of aliphatic hydroxyl groups is 1. The molecule has 0 spiro atoms. The first-order valence-corrected chi connectivity index (χ1v) is 7.16. The summed E-state index contributed by atoms with van der Waals surface area (Å²) in [5.74, 6) is 0.829. The largest absolute Gasteiger partial charge is 0.389 e. The summed E-state index contributed by atoms with van der Waals surface area (Å²) in [6.07, 6.45) is 3.52. The zero-order chi connectivity index (χ0) is 13.4. The van der Waals surface area contributed by atoms with Gasteiger partial charge in [-0.15, -0.1) is 0 Å². The fraction of sp³-hybridized carbons (Fsp3) is 1.00. The van der Waals surface area contributed by atoms with Gasteiger partial charge in [0.05, 0.1) is 25.4 Å². The molecule has 1 saturated heterocycles. The van der Waals surface area contributed by atoms with Crippen molar-refractivity contribution < 1.29 is 14.6 Å². The molecule has 0 saturated carbocycles. The van der Waals surface area contributed by atoms with Crippen molar-refractivity contribution in [2.24, 2.45) is 5.92 Å². The average molecular weight is 259 g/mol. The van der Waals surface area contributed by atoms with E-state index in [9.17, 15) is 5.11 Å². The van der Waals surface area contributed by atoms with Crippen molar-refractivity contribution >= 4 is 0 Å². The first kappa shape index (κ1) is 15.9. The SMILES string of the molecule is CCCC1CCN(CC(O)COC(C)COC)C1. The molecule has 108 valence electrons. The summed E-state index contributed by atoms with van der Waals surface area (Å²) in [6.45, 7) is 8.17. The zero-order valence-electron chi connectivity index (χ0n) is 12.1. The molecule has 1 heterocycles. The van der Waals surface area contributed by atoms with Crippen molar-refractivity contribution in [2.45, 2.75) is 45.3 Å². The van der Waals surface area contributed by atoms with Gasteiger partial charge in [-0.2, -0.15) is 0 Å². The van der Waals surface area contributed by atoms with Crippen LogP contribution in [0.2, 0.25) is 0 Å². The van der Waals surface area contributed by atoms with Crippen LogP contribution in [0, 0.1) is 5.92 Å². The predicted molar refractivity (Wildman–Crippen MR) is 72.8 cm³/mol. The van der Waals surface area contributed by atoms with Gasteiger partial charge >= 0.3 is 0 Å². The van der Waals surface area contributed by atoms with Crippen molar-refractivity contribution in [2.75, 3.05) is 40.0 Å². The number of β-amino-alcohol motifs (C(OH)–C–C–N with tert-alkyl or cyclic N) is 1. The van der Waals surface area contributed by atoms with Crippen LogP contribution in [0.15, 0.2) is 0 Å². The van der Waals surface area contributed by atoms with Gasteiger partial charge in [0.2, 0.25) is 0 Å². The van der Waals surface area contributed by atoms with Crippen molar-refractivity contribution in [3.8, 4) is 0 Å². The van der Waals surface area contributed by atoms with E-state index < -0.39 is 0 Å². The van der Waals surface area contributed by atoms with E-state index in [0.717, 1.165) is 25.6 Å². The highest BCUT2D eigenvalue weighted by atomic mass is 16.5. The summed E-state index contributed by atoms with van der Waals surface area (Å²) in [7, 11) is 1.66. The quantitative estimate of drug-likeness (QED) is 0.682. The molecule has 0 aromatic heterocycles. The average Bonchev–Trinajstić information content (AvgIpc) is 2.75. The molecule has 1 aliphatic heterocycles. The summed E-state index contributed by atoms with van der Waals surface area (Å²) < 4.78 is 10.5. The Morgan fingerprint density at radius 2 is 2.17 bits per heavy atom. The lowest BCUT2D eigenvalue weighted by atomic mass is 10.0. The summed E-state index contributed by atoms with van der Waals surface area (Å²) in [5.41, 5.74) is 0. The Labute approximate surface area is 111 Å². The molecule has 3 unspecified atom stereocenters. The number of aliphatic hydroxyl groups excluding tert-OH is 1. The van der Waals surface area contributed by atoms with E-state index in [1.54, 1.807) is 7.11 Å². The molecule has 3 atom stereocenters. The molecule has 0 aromatic carbocycles. The van der Waals surface area contributed by atoms with Crippen LogP contribution in [-0.2, 0) is 9.47 Å². The monoisotopic (exact) mass is 259 g/mol. The van der Waals surface area contributed by atoms with Crippen molar-refractivity contribution in [1.29, 1.82) is 0 Å². The van der Waals surface area contributed by atoms with Gasteiger partial charge in [-0.3, -0.25) is 0 Å². The van der Waals surface area contributed by atoms with Gasteiger partial charge in [0.1, 0.15) is 0 Å². The van der Waals surface area contributed by atoms with Gasteiger partial charge in [0.25, 0.3) is 0 Å². The highest BCUT2D eigenvalue weighted by Crippen LogP contribution is 2.20. The smallest absolute Gasteiger partial charge is 0.0900 e. The van der Waals surface area contributed by atoms with Crippen molar-refractivity contribution in [1.82, 2.24) is 4.90 Å². The minimum Gasteiger partial charge on any atom is -0.389 e. The van der Waals surface area contributed by atoms with Crippen LogP contribution in [0.3, 0.4) is 0 Å². The van der Waals surface area contributed by atoms with Crippen LogP contribution in [0.25, 0.3) is 0 Å². The molecule has 0 radical (unpaired) electrons. The van der Waals surface area contributed by atoms with Crippen LogP contribution in [0.4, 0.5) is 0 Å². The summed E-state index contributed by atoms with van der Waals surface area (Å²) in [5, 5.41) is 9.94. The molecule has 1 aliphatic rings. The minimum atomic E-state index is -0.385. The maximum atomic E-state index is 9.94. The van der Waals surface area contributed by atoms with Crippen molar-refractivity contribution in [3.05, 3.63) is 0 Å². The van der Waals surface area contributed by atoms with Gasteiger partial charge in [-0.1, -0.05) is 13.3 Å². The second kappa shape index (κ2) is 8.86. The fourth-order valence-corrected chi connectivity index (χ4v) is 2.63. The summed E-state index contributed by atoms with van der Waals surface area (Å²) in [6, 6.07) is 0. The van der Waals surface area contributed by atoms with Gasteiger partial charge in [-0.05, 0) is 32.2 Å². The Morgan fingerprint density at radius 1 is 1.39 bits per heavy atom. The summed E-state index contributed by atoms with van der Waals surface area (Å²) >= 11 is 0. The predicted octanol–water partition coefficient (Wildman–Crippen LogP) is 1.52. The number of rotatable bonds is 9. The highest BCUT2D eigenvalue weighted by Gasteiger charge is 2.23. The first-order chi connectivity index (χ1) is 8.65. The van der Waals surface area contributed by atoms with E-state index >= 15 is 0 Å². The Morgan fingerprint density at radius 3 is 2.83 bits per heavy atom. The second-order valence-electron chi connectivity index (χ2n) is 5.46. The minimum absolute atomic E-state index is 0.0519. The fourth-order valence-electron chi connectivity index (χ4n) is 2.63. The molecule has 1 N–H and O–H groups in total. The molecule has 0 aromatic rings. The van der Waals surface area contributed by atoms with Crippen LogP contribution in [-0.4, -0.2) is 62.2 Å². The van der Waals surface area contributed by atoms with Crippen molar-refractivity contribution in [3.63, 3.8) is 0 Å². The number of ether oxygens (including phenoxy) is 2. The van der Waals surface area contributed by atoms with Gasteiger partial charge in [0.15, 0.2) is 0 Å². The zero-order valence-corrected chi connectivity index (χ0v) is 12.1. The molecule has 0 bridgehead atoms. The van der Waals surface area contributed by atoms with E-state index in [4.69, 9.17) is 9.47 Å². The maximum Gasteiger partial charge on any atom is 0.0900 e. The van der Waals surface area contributed by atoms with E-state index in [1.807, 2.05) is 6.92 Å². The maximum absolute atomic E-state index is 9.94. The lowest BCUT2D eigenvalue weighted by molar-refractivity contribution is -0.0384. The van der Waals surface area contributed by atoms with Gasteiger partial charge < -0.3 is 19.5 Å². The Kier molecular flexibility index (Phi) is 7.82. The molecule has 1 fully saturated rings. The van der Waals surface area contributed by atoms with E-state index in [-0.39, 0.29) is 12.2 Å². The third-order valence-electron chi connectivity index (χ3n) is 3.51. The third kappa shape index (κ3) is 6.14. The first-order valence-electron chi connectivity index (χ1n) is 7.16. The number of nitrogens with zero attached hydrogens (tertiary/aromatic N) is 1. The normalized spacial score (nSPS) is 24.3. The Hall–Kier alpha value is -0.160. The number of methoxy groups -OCH3 is 1. The van der Waals surface area contributed by atoms with E-state index in [0.29, 0.717) is 13.2 Å². The molecular formula is C14H29NO3. The number of hydrogen-bond acceptors (Lipinski definition) is 4. The lowest BCUT2D eigenvalue weighted by Gasteiger charge is -2.21. The topological polar surface area (TPSA) is 41.9 Å². The second-order valence-corrected chi connectivity index (χ2v) is 5.46. The summed E-state index contributed by atoms with van der Waals surface area (Å²) in [4.78, 5) is 2.36. The standard InChI is InChI=1S/C14H29NO3/c1-4-5-13-6-7-15(8-13)9-14(16)11-18-12(2)10-17-3/h12-14,16H,4-11H2,1-3H3. The van der Waals surface area contributed by atoms with E-state index in [2.05, 4.69) is 11.8 Å². The van der Waals surface area contributed by atoms with Crippen LogP contribution < -0.4 is 0 Å². The Bertz CT molecular complexity index is 213. The number of likely N-dealkylation sites (tertiary alicyclic amines) is 1. The van der Waals surface area contributed by atoms with Crippen LogP contribution in [0.5, 0.6) is 0 Å². The van der Waals surface area contributed by atoms with Crippen LogP contribution >= 0.6 is 0 Å². The van der Waals surface area contributed by atoms with E-state index in [1.165, 1.54) is 19.3 Å². The molecule has 0 aliphatic carbocycles. The van der Waals surface area contributed by atoms with Gasteiger partial charge in [0, 0.05) is 20.2 Å². The highest BCUT2D eigenvalue weighted by molar-refractivity contribution is 4.77.